The van der Waals surface area contributed by atoms with Gasteiger partial charge in [0.2, 0.25) is 5.91 Å². The van der Waals surface area contributed by atoms with Gasteiger partial charge in [0, 0.05) is 31.2 Å². The molecule has 1 amide bonds. The molecule has 1 aromatic heterocycles. The molecule has 4 nitrogen and oxygen atoms in total. The molecule has 110 valence electrons. The quantitative estimate of drug-likeness (QED) is 0.871. The largest absolute Gasteiger partial charge is 0.340 e. The van der Waals surface area contributed by atoms with Gasteiger partial charge in [-0.05, 0) is 36.1 Å². The Kier molecular flexibility index (Phi) is 3.72. The zero-order chi connectivity index (χ0) is 15.0. The summed E-state index contributed by atoms with van der Waals surface area (Å²) in [6.07, 6.45) is 2.81. The predicted molar refractivity (Wildman–Crippen MR) is 82.0 cm³/mol. The summed E-state index contributed by atoms with van der Waals surface area (Å²) in [7, 11) is 3.72. The van der Waals surface area contributed by atoms with Crippen LogP contribution in [0.1, 0.15) is 23.6 Å². The smallest absolute Gasteiger partial charge is 0.226 e. The van der Waals surface area contributed by atoms with E-state index in [2.05, 4.69) is 5.10 Å². The van der Waals surface area contributed by atoms with E-state index in [1.54, 1.807) is 9.58 Å². The fraction of sp³-hybridized carbons (Fsp3) is 0.375. The lowest BCUT2D eigenvalue weighted by atomic mass is 10.1. The maximum Gasteiger partial charge on any atom is 0.226 e. The number of aromatic nitrogens is 2. The molecule has 2 atom stereocenters. The van der Waals surface area contributed by atoms with Gasteiger partial charge in [0.25, 0.3) is 0 Å². The van der Waals surface area contributed by atoms with Crippen molar-refractivity contribution in [1.82, 2.24) is 14.7 Å². The number of amides is 1. The number of halogens is 1. The Labute approximate surface area is 129 Å². The van der Waals surface area contributed by atoms with Gasteiger partial charge >= 0.3 is 0 Å². The number of hydrogen-bond donors (Lipinski definition) is 0. The first-order valence-corrected chi connectivity index (χ1v) is 7.41. The van der Waals surface area contributed by atoms with Gasteiger partial charge in [0.05, 0.1) is 12.2 Å². The fourth-order valence-electron chi connectivity index (χ4n) is 2.70. The van der Waals surface area contributed by atoms with E-state index in [1.165, 1.54) is 5.56 Å². The number of carbonyl (C=O) groups excluding carboxylic acids is 1. The molecule has 0 N–H and O–H groups in total. The summed E-state index contributed by atoms with van der Waals surface area (Å²) in [5.41, 5.74) is 2.11. The van der Waals surface area contributed by atoms with E-state index in [1.807, 2.05) is 50.6 Å². The summed E-state index contributed by atoms with van der Waals surface area (Å²) >= 11 is 5.89. The molecule has 2 unspecified atom stereocenters. The van der Waals surface area contributed by atoms with Crippen molar-refractivity contribution >= 4 is 17.5 Å². The van der Waals surface area contributed by atoms with Gasteiger partial charge in [-0.25, -0.2) is 0 Å². The predicted octanol–water partition coefficient (Wildman–Crippen LogP) is 2.84. The third-order valence-corrected chi connectivity index (χ3v) is 4.20. The van der Waals surface area contributed by atoms with Crippen molar-refractivity contribution in [3.63, 3.8) is 0 Å². The molecule has 1 fully saturated rings. The normalized spacial score (nSPS) is 20.3. The Hall–Kier alpha value is -1.81. The highest BCUT2D eigenvalue weighted by atomic mass is 35.5. The van der Waals surface area contributed by atoms with Gasteiger partial charge in [0.1, 0.15) is 0 Å². The van der Waals surface area contributed by atoms with Gasteiger partial charge in [-0.2, -0.15) is 5.10 Å². The average molecular weight is 304 g/mol. The summed E-state index contributed by atoms with van der Waals surface area (Å²) < 4.78 is 1.75. The van der Waals surface area contributed by atoms with Crippen molar-refractivity contribution in [1.29, 1.82) is 0 Å². The summed E-state index contributed by atoms with van der Waals surface area (Å²) in [4.78, 5) is 14.2. The number of carbonyl (C=O) groups is 1. The molecular weight excluding hydrogens is 286 g/mol. The van der Waals surface area contributed by atoms with E-state index in [-0.39, 0.29) is 11.8 Å². The molecular formula is C16H18ClN3O. The summed E-state index contributed by atoms with van der Waals surface area (Å²) in [6, 6.07) is 9.73. The van der Waals surface area contributed by atoms with Crippen molar-refractivity contribution in [2.75, 3.05) is 7.05 Å². The van der Waals surface area contributed by atoms with Crippen LogP contribution in [0.5, 0.6) is 0 Å². The minimum atomic E-state index is 0.0971. The van der Waals surface area contributed by atoms with Crippen LogP contribution in [0.15, 0.2) is 36.5 Å². The topological polar surface area (TPSA) is 38.1 Å². The van der Waals surface area contributed by atoms with E-state index in [0.717, 1.165) is 17.1 Å². The fourth-order valence-corrected chi connectivity index (χ4v) is 2.82. The molecule has 0 spiro atoms. The zero-order valence-electron chi connectivity index (χ0n) is 12.2. The minimum Gasteiger partial charge on any atom is -0.340 e. The second-order valence-corrected chi connectivity index (χ2v) is 6.11. The first kappa shape index (κ1) is 14.1. The van der Waals surface area contributed by atoms with Gasteiger partial charge in [-0.3, -0.25) is 9.48 Å². The van der Waals surface area contributed by atoms with E-state index < -0.39 is 0 Å². The number of aryl methyl sites for hydroxylation is 1. The highest BCUT2D eigenvalue weighted by Crippen LogP contribution is 2.48. The standard InChI is InChI=1S/C16H18ClN3O/c1-19(10-13-7-8-20(2)18-13)16(21)15-9-14(15)11-3-5-12(17)6-4-11/h3-8,14-15H,9-10H2,1-2H3. The average Bonchev–Trinajstić information content (AvgIpc) is 3.15. The van der Waals surface area contributed by atoms with Gasteiger partial charge in [-0.1, -0.05) is 23.7 Å². The number of benzene rings is 1. The summed E-state index contributed by atoms with van der Waals surface area (Å²) in [6.45, 7) is 0.559. The van der Waals surface area contributed by atoms with Gasteiger partial charge in [0.15, 0.2) is 0 Å². The number of rotatable bonds is 4. The molecule has 0 radical (unpaired) electrons. The van der Waals surface area contributed by atoms with Crippen LogP contribution in [0.2, 0.25) is 5.02 Å². The van der Waals surface area contributed by atoms with E-state index in [9.17, 15) is 4.79 Å². The molecule has 0 saturated heterocycles. The Bertz CT molecular complexity index is 650. The first-order chi connectivity index (χ1) is 10.0. The summed E-state index contributed by atoms with van der Waals surface area (Å²) in [5, 5.41) is 5.04. The Balaban J connectivity index is 1.60. The molecule has 1 aliphatic carbocycles. The Morgan fingerprint density at radius 2 is 2.10 bits per heavy atom. The molecule has 5 heteroatoms. The van der Waals surface area contributed by atoms with Crippen molar-refractivity contribution < 1.29 is 4.79 Å². The molecule has 1 heterocycles. The molecule has 0 aliphatic heterocycles. The van der Waals surface area contributed by atoms with Crippen LogP contribution in [-0.4, -0.2) is 27.6 Å². The molecule has 0 bridgehead atoms. The van der Waals surface area contributed by atoms with Crippen LogP contribution in [-0.2, 0) is 18.4 Å². The second-order valence-electron chi connectivity index (χ2n) is 5.68. The third-order valence-electron chi connectivity index (χ3n) is 3.95. The monoisotopic (exact) mass is 303 g/mol. The molecule has 1 saturated carbocycles. The van der Waals surface area contributed by atoms with Crippen molar-refractivity contribution in [2.24, 2.45) is 13.0 Å². The maximum absolute atomic E-state index is 12.4. The highest BCUT2D eigenvalue weighted by molar-refractivity contribution is 6.30. The maximum atomic E-state index is 12.4. The SMILES string of the molecule is CN(Cc1ccn(C)n1)C(=O)C1CC1c1ccc(Cl)cc1. The van der Waals surface area contributed by atoms with E-state index in [4.69, 9.17) is 11.6 Å². The molecule has 1 aliphatic rings. The van der Waals surface area contributed by atoms with Gasteiger partial charge in [-0.15, -0.1) is 0 Å². The molecule has 1 aromatic carbocycles. The lowest BCUT2D eigenvalue weighted by molar-refractivity contribution is -0.131. The van der Waals surface area contributed by atoms with Crippen molar-refractivity contribution in [3.05, 3.63) is 52.8 Å². The highest BCUT2D eigenvalue weighted by Gasteiger charge is 2.45. The van der Waals surface area contributed by atoms with Gasteiger partial charge < -0.3 is 4.90 Å². The van der Waals surface area contributed by atoms with Crippen LogP contribution in [0, 0.1) is 5.92 Å². The van der Waals surface area contributed by atoms with Crippen molar-refractivity contribution in [3.8, 4) is 0 Å². The lowest BCUT2D eigenvalue weighted by Crippen LogP contribution is -2.28. The van der Waals surface area contributed by atoms with Crippen LogP contribution >= 0.6 is 11.6 Å². The van der Waals surface area contributed by atoms with Crippen LogP contribution < -0.4 is 0 Å². The minimum absolute atomic E-state index is 0.0971. The van der Waals surface area contributed by atoms with Crippen LogP contribution in [0.4, 0.5) is 0 Å². The molecule has 21 heavy (non-hydrogen) atoms. The van der Waals surface area contributed by atoms with Crippen molar-refractivity contribution in [2.45, 2.75) is 18.9 Å². The van der Waals surface area contributed by atoms with Crippen LogP contribution in [0.25, 0.3) is 0 Å². The first-order valence-electron chi connectivity index (χ1n) is 7.03. The van der Waals surface area contributed by atoms with E-state index in [0.29, 0.717) is 12.5 Å². The number of hydrogen-bond acceptors (Lipinski definition) is 2. The van der Waals surface area contributed by atoms with E-state index >= 15 is 0 Å². The zero-order valence-corrected chi connectivity index (χ0v) is 12.9. The number of nitrogens with zero attached hydrogens (tertiary/aromatic N) is 3. The summed E-state index contributed by atoms with van der Waals surface area (Å²) in [5.74, 6) is 0.626. The Morgan fingerprint density at radius 3 is 2.71 bits per heavy atom. The van der Waals surface area contributed by atoms with Crippen LogP contribution in [0.3, 0.4) is 0 Å². The molecule has 3 rings (SSSR count). The lowest BCUT2D eigenvalue weighted by Gasteiger charge is -2.16. The third kappa shape index (κ3) is 3.10. The molecule has 2 aromatic rings. The second kappa shape index (κ2) is 5.53. The Morgan fingerprint density at radius 1 is 1.38 bits per heavy atom.